The Hall–Kier alpha value is -1.05. The van der Waals surface area contributed by atoms with Gasteiger partial charge in [-0.15, -0.1) is 0 Å². The van der Waals surface area contributed by atoms with Crippen molar-refractivity contribution in [2.45, 2.75) is 12.8 Å². The van der Waals surface area contributed by atoms with Crippen LogP contribution in [0.5, 0.6) is 0 Å². The van der Waals surface area contributed by atoms with Crippen LogP contribution in [0.15, 0.2) is 18.2 Å². The van der Waals surface area contributed by atoms with E-state index in [1.54, 1.807) is 18.2 Å². The van der Waals surface area contributed by atoms with E-state index in [0.29, 0.717) is 35.6 Å². The monoisotopic (exact) mass is 326 g/mol. The number of nitrogens with zero attached hydrogens (tertiary/aromatic N) is 1. The third-order valence-corrected chi connectivity index (χ3v) is 5.10. The van der Waals surface area contributed by atoms with E-state index in [1.165, 1.54) is 4.31 Å². The highest BCUT2D eigenvalue weighted by Crippen LogP contribution is 2.20. The Labute approximate surface area is 131 Å². The molecule has 5 nitrogen and oxygen atoms in total. The summed E-state index contributed by atoms with van der Waals surface area (Å²) in [6.45, 7) is 0.685. The van der Waals surface area contributed by atoms with E-state index >= 15 is 0 Å². The van der Waals surface area contributed by atoms with Gasteiger partial charge in [0, 0.05) is 23.8 Å². The highest BCUT2D eigenvalue weighted by atomic mass is 35.5. The highest BCUT2D eigenvalue weighted by Gasteiger charge is 2.30. The number of piperidine rings is 1. The summed E-state index contributed by atoms with van der Waals surface area (Å²) in [5.41, 5.74) is 0.939. The second kappa shape index (κ2) is 6.38. The van der Waals surface area contributed by atoms with E-state index in [0.717, 1.165) is 6.26 Å². The molecule has 1 aromatic carbocycles. The van der Waals surface area contributed by atoms with Crippen molar-refractivity contribution in [1.82, 2.24) is 4.31 Å². The predicted octanol–water partition coefficient (Wildman–Crippen LogP) is 0.744. The highest BCUT2D eigenvalue weighted by molar-refractivity contribution is 7.88. The number of nitrogens with one attached hydrogen (secondary N) is 1. The van der Waals surface area contributed by atoms with Gasteiger partial charge in [-0.25, -0.2) is 12.7 Å². The average Bonchev–Trinajstić information content (AvgIpc) is 2.42. The third-order valence-electron chi connectivity index (χ3n) is 3.49. The second-order valence-electron chi connectivity index (χ2n) is 5.19. The molecule has 0 bridgehead atoms. The van der Waals surface area contributed by atoms with Gasteiger partial charge >= 0.3 is 0 Å². The number of rotatable bonds is 3. The first kappa shape index (κ1) is 16.3. The number of halogens is 1. The number of amides is 1. The molecule has 2 radical (unpaired) electrons. The van der Waals surface area contributed by atoms with Gasteiger partial charge in [-0.1, -0.05) is 17.1 Å². The molecule has 1 aromatic rings. The largest absolute Gasteiger partial charge is 0.326 e. The lowest BCUT2D eigenvalue weighted by Gasteiger charge is -2.30. The molecule has 1 aliphatic rings. The molecule has 1 fully saturated rings. The summed E-state index contributed by atoms with van der Waals surface area (Å²) in [7, 11) is 2.42. The Morgan fingerprint density at radius 3 is 2.81 bits per heavy atom. The Balaban J connectivity index is 2.04. The van der Waals surface area contributed by atoms with Gasteiger partial charge in [0.2, 0.25) is 15.9 Å². The van der Waals surface area contributed by atoms with Crippen molar-refractivity contribution >= 4 is 46.5 Å². The van der Waals surface area contributed by atoms with Crippen LogP contribution in [0, 0.1) is 5.92 Å². The van der Waals surface area contributed by atoms with E-state index in [4.69, 9.17) is 19.4 Å². The van der Waals surface area contributed by atoms with Crippen LogP contribution in [0.3, 0.4) is 0 Å². The number of carbonyl (C=O) groups excluding carboxylic acids is 1. The SMILES string of the molecule is [B]c1cc(NC(=O)[C@H]2CCCN(S(C)(=O)=O)C2)ccc1Cl. The van der Waals surface area contributed by atoms with Crippen LogP contribution in [-0.4, -0.2) is 45.8 Å². The molecule has 21 heavy (non-hydrogen) atoms. The fourth-order valence-corrected chi connectivity index (χ4v) is 3.35. The van der Waals surface area contributed by atoms with Crippen molar-refractivity contribution in [2.24, 2.45) is 5.92 Å². The van der Waals surface area contributed by atoms with Crippen LogP contribution >= 0.6 is 11.6 Å². The second-order valence-corrected chi connectivity index (χ2v) is 7.58. The van der Waals surface area contributed by atoms with E-state index < -0.39 is 10.0 Å². The maximum absolute atomic E-state index is 12.2. The molecule has 1 heterocycles. The van der Waals surface area contributed by atoms with Crippen LogP contribution in [0.4, 0.5) is 5.69 Å². The summed E-state index contributed by atoms with van der Waals surface area (Å²) in [5, 5.41) is 3.18. The molecular formula is C13H16BClN2O3S. The van der Waals surface area contributed by atoms with Gasteiger partial charge < -0.3 is 5.32 Å². The molecule has 0 spiro atoms. The standard InChI is InChI=1S/C13H16BClN2O3S/c1-21(19,20)17-6-2-3-9(8-17)13(18)16-10-4-5-12(15)11(14)7-10/h4-5,7,9H,2-3,6,8H2,1H3,(H,16,18)/t9-/m0/s1. The van der Waals surface area contributed by atoms with Crippen molar-refractivity contribution < 1.29 is 13.2 Å². The smallest absolute Gasteiger partial charge is 0.228 e. The normalized spacial score (nSPS) is 20.2. The molecule has 1 saturated heterocycles. The molecule has 0 saturated carbocycles. The maximum Gasteiger partial charge on any atom is 0.228 e. The number of hydrogen-bond acceptors (Lipinski definition) is 3. The first-order valence-corrected chi connectivity index (χ1v) is 8.81. The first-order chi connectivity index (χ1) is 9.77. The van der Waals surface area contributed by atoms with Crippen molar-refractivity contribution in [1.29, 1.82) is 0 Å². The first-order valence-electron chi connectivity index (χ1n) is 6.58. The summed E-state index contributed by atoms with van der Waals surface area (Å²) in [4.78, 5) is 12.2. The molecule has 8 heteroatoms. The van der Waals surface area contributed by atoms with E-state index in [1.807, 2.05) is 0 Å². The number of carbonyl (C=O) groups is 1. The van der Waals surface area contributed by atoms with Gasteiger partial charge in [-0.2, -0.15) is 0 Å². The van der Waals surface area contributed by atoms with Gasteiger partial charge in [-0.3, -0.25) is 4.79 Å². The fourth-order valence-electron chi connectivity index (χ4n) is 2.32. The minimum atomic E-state index is -3.26. The predicted molar refractivity (Wildman–Crippen MR) is 84.6 cm³/mol. The fraction of sp³-hybridized carbons (Fsp3) is 0.462. The minimum absolute atomic E-state index is 0.204. The number of benzene rings is 1. The number of anilines is 1. The summed E-state index contributed by atoms with van der Waals surface area (Å²) in [6, 6.07) is 4.85. The summed E-state index contributed by atoms with van der Waals surface area (Å²) in [5.74, 6) is -0.560. The molecule has 1 amide bonds. The van der Waals surface area contributed by atoms with Crippen LogP contribution < -0.4 is 10.8 Å². The molecule has 112 valence electrons. The molecule has 0 aromatic heterocycles. The topological polar surface area (TPSA) is 66.5 Å². The maximum atomic E-state index is 12.2. The van der Waals surface area contributed by atoms with Crippen LogP contribution in [0.2, 0.25) is 5.02 Å². The van der Waals surface area contributed by atoms with Gasteiger partial charge in [0.1, 0.15) is 7.85 Å². The van der Waals surface area contributed by atoms with Crippen LogP contribution in [-0.2, 0) is 14.8 Å². The summed E-state index contributed by atoms with van der Waals surface area (Å²) in [6.07, 6.45) is 2.50. The zero-order valence-electron chi connectivity index (χ0n) is 11.7. The minimum Gasteiger partial charge on any atom is -0.326 e. The van der Waals surface area contributed by atoms with Crippen molar-refractivity contribution in [3.05, 3.63) is 23.2 Å². The summed E-state index contributed by atoms with van der Waals surface area (Å²) < 4.78 is 24.5. The zero-order chi connectivity index (χ0) is 15.6. The molecule has 1 atom stereocenters. The van der Waals surface area contributed by atoms with Crippen molar-refractivity contribution in [3.63, 3.8) is 0 Å². The molecule has 1 aliphatic heterocycles. The van der Waals surface area contributed by atoms with Gasteiger partial charge in [0.05, 0.1) is 12.2 Å². The lowest BCUT2D eigenvalue weighted by atomic mass is 9.95. The van der Waals surface area contributed by atoms with E-state index in [2.05, 4.69) is 5.32 Å². The average molecular weight is 327 g/mol. The zero-order valence-corrected chi connectivity index (χ0v) is 13.2. The quantitative estimate of drug-likeness (QED) is 0.833. The lowest BCUT2D eigenvalue weighted by molar-refractivity contribution is -0.120. The van der Waals surface area contributed by atoms with Crippen molar-refractivity contribution in [2.75, 3.05) is 24.7 Å². The number of sulfonamides is 1. The van der Waals surface area contributed by atoms with Gasteiger partial charge in [0.25, 0.3) is 0 Å². The van der Waals surface area contributed by atoms with E-state index in [-0.39, 0.29) is 18.4 Å². The van der Waals surface area contributed by atoms with E-state index in [9.17, 15) is 13.2 Å². The van der Waals surface area contributed by atoms with Gasteiger partial charge in [-0.05, 0) is 31.0 Å². The van der Waals surface area contributed by atoms with Crippen LogP contribution in [0.1, 0.15) is 12.8 Å². The van der Waals surface area contributed by atoms with Gasteiger partial charge in [0.15, 0.2) is 0 Å². The Morgan fingerprint density at radius 2 is 2.19 bits per heavy atom. The number of hydrogen-bond donors (Lipinski definition) is 1. The molecule has 2 rings (SSSR count). The third kappa shape index (κ3) is 4.21. The molecular weight excluding hydrogens is 310 g/mol. The Kier molecular flexibility index (Phi) is 4.96. The van der Waals surface area contributed by atoms with Crippen molar-refractivity contribution in [3.8, 4) is 0 Å². The van der Waals surface area contributed by atoms with Crippen LogP contribution in [0.25, 0.3) is 0 Å². The molecule has 1 N–H and O–H groups in total. The molecule has 0 aliphatic carbocycles. The Morgan fingerprint density at radius 1 is 1.48 bits per heavy atom. The molecule has 0 unspecified atom stereocenters. The summed E-state index contributed by atoms with van der Waals surface area (Å²) >= 11 is 5.82. The Bertz CT molecular complexity index is 651. The lowest BCUT2D eigenvalue weighted by Crippen LogP contribution is -2.43.